The number of aliphatic hydroxyl groups excluding tert-OH is 3. The van der Waals surface area contributed by atoms with Crippen molar-refractivity contribution in [3.8, 4) is 5.75 Å². The van der Waals surface area contributed by atoms with E-state index in [4.69, 9.17) is 16.3 Å². The van der Waals surface area contributed by atoms with Gasteiger partial charge in [-0.15, -0.1) is 0 Å². The molecular formula is C22H28ClNaO6. The summed E-state index contributed by atoms with van der Waals surface area (Å²) in [5.74, 6) is -0.947. The number of allylic oxidation sites excluding steroid dienone is 2. The fourth-order valence-electron chi connectivity index (χ4n) is 3.49. The maximum atomic E-state index is 10.4. The number of hydrogen-bond acceptors (Lipinski definition) is 6. The second kappa shape index (κ2) is 14.2. The van der Waals surface area contributed by atoms with Crippen LogP contribution in [-0.2, 0) is 4.79 Å². The van der Waals surface area contributed by atoms with Gasteiger partial charge in [-0.2, -0.15) is 0 Å². The SMILES string of the molecule is O=C([O-])CCCC=CC[C@@H]1[C@@H](/C=C/[C@@H](O)COc2cccc(Cl)c2)[C@H](O)C[C@@H]1O.[Na+]. The van der Waals surface area contributed by atoms with Crippen molar-refractivity contribution in [1.82, 2.24) is 0 Å². The predicted octanol–water partition coefficient (Wildman–Crippen LogP) is -1.14. The Labute approximate surface area is 204 Å². The molecule has 1 fully saturated rings. The van der Waals surface area contributed by atoms with Crippen LogP contribution in [0.5, 0.6) is 5.75 Å². The van der Waals surface area contributed by atoms with Crippen LogP contribution in [-0.4, -0.2) is 46.2 Å². The van der Waals surface area contributed by atoms with Gasteiger partial charge in [0.05, 0.1) is 12.2 Å². The van der Waals surface area contributed by atoms with E-state index in [1.54, 1.807) is 36.4 Å². The Morgan fingerprint density at radius 1 is 1.30 bits per heavy atom. The van der Waals surface area contributed by atoms with Crippen molar-refractivity contribution in [3.63, 3.8) is 0 Å². The molecule has 0 aliphatic heterocycles. The molecule has 0 saturated heterocycles. The number of benzene rings is 1. The first kappa shape index (κ1) is 27.2. The summed E-state index contributed by atoms with van der Waals surface area (Å²) >= 11 is 5.89. The second-order valence-electron chi connectivity index (χ2n) is 7.30. The molecule has 0 spiro atoms. The zero-order valence-electron chi connectivity index (χ0n) is 17.2. The molecule has 0 heterocycles. The van der Waals surface area contributed by atoms with Gasteiger partial charge in [0.1, 0.15) is 18.5 Å². The summed E-state index contributed by atoms with van der Waals surface area (Å²) in [6.45, 7) is 0.0468. The average Bonchev–Trinajstić information content (AvgIpc) is 2.93. The third-order valence-electron chi connectivity index (χ3n) is 5.01. The van der Waals surface area contributed by atoms with Crippen molar-refractivity contribution in [3.05, 3.63) is 53.6 Å². The third kappa shape index (κ3) is 9.52. The van der Waals surface area contributed by atoms with Crippen LogP contribution in [0.15, 0.2) is 48.6 Å². The van der Waals surface area contributed by atoms with Crippen molar-refractivity contribution in [2.45, 2.75) is 50.4 Å². The molecule has 2 rings (SSSR count). The Balaban J connectivity index is 0.00000450. The van der Waals surface area contributed by atoms with E-state index in [0.717, 1.165) is 0 Å². The third-order valence-corrected chi connectivity index (χ3v) is 5.25. The molecule has 0 bridgehead atoms. The summed E-state index contributed by atoms with van der Waals surface area (Å²) in [5.41, 5.74) is 0. The van der Waals surface area contributed by atoms with Crippen LogP contribution >= 0.6 is 11.6 Å². The van der Waals surface area contributed by atoms with Gasteiger partial charge in [-0.1, -0.05) is 42.0 Å². The number of unbranched alkanes of at least 4 members (excludes halogenated alkanes) is 1. The molecule has 1 aliphatic rings. The van der Waals surface area contributed by atoms with Gasteiger partial charge in [0.25, 0.3) is 0 Å². The number of carbonyl (C=O) groups is 1. The van der Waals surface area contributed by atoms with Crippen LogP contribution < -0.4 is 39.4 Å². The van der Waals surface area contributed by atoms with Crippen LogP contribution in [0.4, 0.5) is 0 Å². The van der Waals surface area contributed by atoms with Crippen LogP contribution in [0.2, 0.25) is 5.02 Å². The Morgan fingerprint density at radius 3 is 2.77 bits per heavy atom. The molecule has 0 amide bonds. The fourth-order valence-corrected chi connectivity index (χ4v) is 3.67. The number of carboxylic acid groups (broad SMARTS) is 1. The monoisotopic (exact) mass is 446 g/mol. The van der Waals surface area contributed by atoms with Gasteiger partial charge < -0.3 is 30.0 Å². The van der Waals surface area contributed by atoms with E-state index in [0.29, 0.717) is 30.0 Å². The Hall–Kier alpha value is -0.860. The van der Waals surface area contributed by atoms with Crippen LogP contribution in [0, 0.1) is 11.8 Å². The number of carboxylic acids is 1. The molecule has 1 aromatic rings. The van der Waals surface area contributed by atoms with E-state index in [9.17, 15) is 25.2 Å². The molecule has 30 heavy (non-hydrogen) atoms. The largest absolute Gasteiger partial charge is 1.00 e. The fraction of sp³-hybridized carbons (Fsp3) is 0.500. The predicted molar refractivity (Wildman–Crippen MR) is 108 cm³/mol. The zero-order chi connectivity index (χ0) is 21.2. The number of aliphatic hydroxyl groups is 3. The van der Waals surface area contributed by atoms with Crippen molar-refractivity contribution >= 4 is 17.6 Å². The average molecular weight is 447 g/mol. The number of aliphatic carboxylic acids is 1. The normalized spacial score (nSPS) is 24.8. The standard InChI is InChI=1S/C22H29ClO6.Na/c23-15-6-5-7-17(12-15)29-14-16(24)10-11-19-18(20(25)13-21(19)26)8-3-1-2-4-9-22(27)28;/h1,3,5-7,10-12,16,18-21,24-26H,2,4,8-9,13-14H2,(H,27,28);/q;+1/p-1/b3-1?,11-10+;/t16-,18-,19-,20+,21-;/m1./s1. The first-order valence-corrected chi connectivity index (χ1v) is 10.2. The molecule has 3 N–H and O–H groups in total. The van der Waals surface area contributed by atoms with E-state index < -0.39 is 24.3 Å². The summed E-state index contributed by atoms with van der Waals surface area (Å²) in [4.78, 5) is 10.4. The van der Waals surface area contributed by atoms with Gasteiger partial charge in [-0.25, -0.2) is 0 Å². The van der Waals surface area contributed by atoms with Gasteiger partial charge in [0, 0.05) is 23.3 Å². The molecule has 0 radical (unpaired) electrons. The van der Waals surface area contributed by atoms with E-state index in [-0.39, 0.29) is 60.8 Å². The summed E-state index contributed by atoms with van der Waals surface area (Å²) < 4.78 is 5.50. The molecule has 0 aromatic heterocycles. The maximum absolute atomic E-state index is 10.4. The van der Waals surface area contributed by atoms with Crippen molar-refractivity contribution < 1.29 is 59.5 Å². The van der Waals surface area contributed by atoms with Crippen LogP contribution in [0.1, 0.15) is 32.1 Å². The number of rotatable bonds is 11. The summed E-state index contributed by atoms with van der Waals surface area (Å²) in [6.07, 6.45) is 6.93. The van der Waals surface area contributed by atoms with E-state index in [1.807, 2.05) is 12.2 Å². The zero-order valence-corrected chi connectivity index (χ0v) is 19.9. The number of halogens is 1. The van der Waals surface area contributed by atoms with Gasteiger partial charge in [-0.3, -0.25) is 0 Å². The van der Waals surface area contributed by atoms with Crippen LogP contribution in [0.25, 0.3) is 0 Å². The van der Waals surface area contributed by atoms with Gasteiger partial charge >= 0.3 is 29.6 Å². The molecule has 1 aliphatic carbocycles. The minimum absolute atomic E-state index is 0. The van der Waals surface area contributed by atoms with Crippen molar-refractivity contribution in [2.75, 3.05) is 6.61 Å². The molecule has 8 heteroatoms. The Bertz CT molecular complexity index is 711. The topological polar surface area (TPSA) is 110 Å². The summed E-state index contributed by atoms with van der Waals surface area (Å²) in [5, 5.41) is 41.6. The summed E-state index contributed by atoms with van der Waals surface area (Å²) in [6, 6.07) is 6.89. The molecule has 1 aromatic carbocycles. The van der Waals surface area contributed by atoms with Crippen LogP contribution in [0.3, 0.4) is 0 Å². The van der Waals surface area contributed by atoms with Gasteiger partial charge in [0.15, 0.2) is 0 Å². The van der Waals surface area contributed by atoms with Crippen molar-refractivity contribution in [2.24, 2.45) is 11.8 Å². The number of carbonyl (C=O) groups excluding carboxylic acids is 1. The second-order valence-corrected chi connectivity index (χ2v) is 7.74. The minimum Gasteiger partial charge on any atom is -0.550 e. The molecule has 6 nitrogen and oxygen atoms in total. The molecular weight excluding hydrogens is 419 g/mol. The Kier molecular flexibility index (Phi) is 12.9. The quantitative estimate of drug-likeness (QED) is 0.225. The first-order chi connectivity index (χ1) is 13.9. The molecule has 1 saturated carbocycles. The number of ether oxygens (including phenoxy) is 1. The van der Waals surface area contributed by atoms with E-state index in [1.165, 1.54) is 0 Å². The molecule has 0 unspecified atom stereocenters. The van der Waals surface area contributed by atoms with E-state index >= 15 is 0 Å². The smallest absolute Gasteiger partial charge is 0.550 e. The number of hydrogen-bond donors (Lipinski definition) is 3. The molecule has 160 valence electrons. The minimum atomic E-state index is -1.06. The van der Waals surface area contributed by atoms with Gasteiger partial charge in [0.2, 0.25) is 0 Å². The van der Waals surface area contributed by atoms with E-state index in [2.05, 4.69) is 0 Å². The summed E-state index contributed by atoms with van der Waals surface area (Å²) in [7, 11) is 0. The Morgan fingerprint density at radius 2 is 2.07 bits per heavy atom. The first-order valence-electron chi connectivity index (χ1n) is 9.82. The van der Waals surface area contributed by atoms with Gasteiger partial charge in [-0.05, 0) is 49.8 Å². The maximum Gasteiger partial charge on any atom is 1.00 e. The van der Waals surface area contributed by atoms with Crippen molar-refractivity contribution in [1.29, 1.82) is 0 Å². The molecule has 5 atom stereocenters.